The van der Waals surface area contributed by atoms with Gasteiger partial charge in [-0.25, -0.2) is 9.59 Å². The van der Waals surface area contributed by atoms with Crippen LogP contribution < -0.4 is 0 Å². The molecule has 4 heteroatoms. The highest BCUT2D eigenvalue weighted by Crippen LogP contribution is 2.16. The van der Waals surface area contributed by atoms with Crippen LogP contribution in [0.25, 0.3) is 0 Å². The first kappa shape index (κ1) is 21.9. The van der Waals surface area contributed by atoms with Gasteiger partial charge in [-0.2, -0.15) is 0 Å². The van der Waals surface area contributed by atoms with Crippen LogP contribution in [0.1, 0.15) is 59.8 Å². The maximum Gasteiger partial charge on any atom is 0.331 e. The van der Waals surface area contributed by atoms with E-state index in [1.165, 1.54) is 44.3 Å². The summed E-state index contributed by atoms with van der Waals surface area (Å²) < 4.78 is 10.5. The first-order valence-electron chi connectivity index (χ1n) is 9.55. The van der Waals surface area contributed by atoms with Crippen molar-refractivity contribution in [3.05, 3.63) is 48.1 Å². The van der Waals surface area contributed by atoms with Crippen LogP contribution in [0.4, 0.5) is 0 Å². The van der Waals surface area contributed by atoms with Gasteiger partial charge in [0.15, 0.2) is 12.2 Å². The van der Waals surface area contributed by atoms with Crippen LogP contribution in [0, 0.1) is 5.92 Å². The van der Waals surface area contributed by atoms with E-state index in [1.807, 2.05) is 13.8 Å². The number of carbonyl (C=O) groups is 2. The maximum absolute atomic E-state index is 12.0. The van der Waals surface area contributed by atoms with E-state index in [9.17, 15) is 9.59 Å². The number of rotatable bonds is 10. The van der Waals surface area contributed by atoms with Crippen molar-refractivity contribution < 1.29 is 19.1 Å². The van der Waals surface area contributed by atoms with Crippen molar-refractivity contribution in [2.75, 3.05) is 0 Å². The molecule has 0 aromatic rings. The average Bonchev–Trinajstić information content (AvgIpc) is 2.59. The number of hydrogen-bond acceptors (Lipinski definition) is 4. The molecule has 0 saturated carbocycles. The summed E-state index contributed by atoms with van der Waals surface area (Å²) >= 11 is 0. The van der Waals surface area contributed by atoms with Crippen LogP contribution >= 0.6 is 0 Å². The molecule has 0 aliphatic carbocycles. The van der Waals surface area contributed by atoms with Gasteiger partial charge in [0, 0.05) is 12.2 Å². The summed E-state index contributed by atoms with van der Waals surface area (Å²) in [5.74, 6) is -0.384. The normalized spacial score (nSPS) is 22.0. The number of unbranched alkanes of at least 4 members (excludes halogenated alkanes) is 3. The Kier molecular flexibility index (Phi) is 10.4. The predicted molar refractivity (Wildman–Crippen MR) is 105 cm³/mol. The zero-order valence-electron chi connectivity index (χ0n) is 16.4. The van der Waals surface area contributed by atoms with E-state index >= 15 is 0 Å². The topological polar surface area (TPSA) is 52.6 Å². The number of carbonyl (C=O) groups excluding carboxylic acids is 2. The molecule has 144 valence electrons. The smallest absolute Gasteiger partial charge is 0.331 e. The molecule has 0 amide bonds. The molecule has 0 aromatic carbocycles. The third-order valence-corrected chi connectivity index (χ3v) is 4.18. The van der Waals surface area contributed by atoms with Crippen LogP contribution in [-0.4, -0.2) is 24.1 Å². The average molecular weight is 360 g/mol. The Morgan fingerprint density at radius 2 is 2.08 bits per heavy atom. The van der Waals surface area contributed by atoms with Gasteiger partial charge in [0.2, 0.25) is 0 Å². The number of hydrogen-bond donors (Lipinski definition) is 0. The molecule has 1 heterocycles. The first-order chi connectivity index (χ1) is 12.5. The Morgan fingerprint density at radius 1 is 1.31 bits per heavy atom. The van der Waals surface area contributed by atoms with E-state index in [0.717, 1.165) is 5.57 Å². The lowest BCUT2D eigenvalue weighted by Crippen LogP contribution is -2.35. The minimum atomic E-state index is -0.595. The van der Waals surface area contributed by atoms with Gasteiger partial charge in [-0.1, -0.05) is 63.3 Å². The minimum Gasteiger partial charge on any atom is -0.451 e. The second kappa shape index (κ2) is 12.3. The molecule has 0 bridgehead atoms. The van der Waals surface area contributed by atoms with E-state index in [2.05, 4.69) is 19.9 Å². The van der Waals surface area contributed by atoms with Crippen molar-refractivity contribution in [3.8, 4) is 0 Å². The highest BCUT2D eigenvalue weighted by molar-refractivity contribution is 5.85. The van der Waals surface area contributed by atoms with Crippen molar-refractivity contribution in [2.45, 2.75) is 72.0 Å². The SMILES string of the molecule is C/C=C/[C@@H]1OC(=O)C=C[C@@H]1OC(=O)/C=C/C(C)=C/[C@@H](C)CCCCCC. The van der Waals surface area contributed by atoms with E-state index in [-0.39, 0.29) is 0 Å². The van der Waals surface area contributed by atoms with Crippen molar-refractivity contribution in [1.82, 2.24) is 0 Å². The largest absolute Gasteiger partial charge is 0.451 e. The van der Waals surface area contributed by atoms with Gasteiger partial charge in [-0.05, 0) is 38.3 Å². The van der Waals surface area contributed by atoms with Gasteiger partial charge >= 0.3 is 11.9 Å². The number of ether oxygens (including phenoxy) is 2. The van der Waals surface area contributed by atoms with E-state index in [0.29, 0.717) is 5.92 Å². The zero-order valence-corrected chi connectivity index (χ0v) is 16.4. The Balaban J connectivity index is 2.51. The Morgan fingerprint density at radius 3 is 2.77 bits per heavy atom. The summed E-state index contributed by atoms with van der Waals surface area (Å²) in [5, 5.41) is 0. The lowest BCUT2D eigenvalue weighted by Gasteiger charge is -2.24. The van der Waals surface area contributed by atoms with Crippen molar-refractivity contribution in [2.24, 2.45) is 5.92 Å². The Hall–Kier alpha value is -2.10. The van der Waals surface area contributed by atoms with Crippen LogP contribution in [0.15, 0.2) is 48.1 Å². The molecular formula is C22H32O4. The molecular weight excluding hydrogens is 328 g/mol. The molecule has 1 aliphatic rings. The molecule has 1 rings (SSSR count). The molecule has 0 saturated heterocycles. The predicted octanol–water partition coefficient (Wildman–Crippen LogP) is 5.06. The molecule has 4 nitrogen and oxygen atoms in total. The van der Waals surface area contributed by atoms with Gasteiger partial charge in [-0.15, -0.1) is 0 Å². The molecule has 1 aliphatic heterocycles. The molecule has 0 N–H and O–H groups in total. The molecule has 26 heavy (non-hydrogen) atoms. The quantitative estimate of drug-likeness (QED) is 0.179. The third kappa shape index (κ3) is 8.84. The molecule has 3 atom stereocenters. The molecule has 0 fully saturated rings. The fourth-order valence-electron chi connectivity index (χ4n) is 2.82. The first-order valence-corrected chi connectivity index (χ1v) is 9.55. The van der Waals surface area contributed by atoms with Gasteiger partial charge in [0.25, 0.3) is 0 Å². The lowest BCUT2D eigenvalue weighted by atomic mass is 10.00. The summed E-state index contributed by atoms with van der Waals surface area (Å²) in [5.41, 5.74) is 1.04. The second-order valence-corrected chi connectivity index (χ2v) is 6.76. The fraction of sp³-hybridized carbons (Fsp3) is 0.545. The summed E-state index contributed by atoms with van der Waals surface area (Å²) in [4.78, 5) is 23.3. The monoisotopic (exact) mass is 360 g/mol. The molecule has 0 spiro atoms. The van der Waals surface area contributed by atoms with Crippen LogP contribution in [0.2, 0.25) is 0 Å². The minimum absolute atomic E-state index is 0.428. The maximum atomic E-state index is 12.0. The van der Waals surface area contributed by atoms with Crippen molar-refractivity contribution in [3.63, 3.8) is 0 Å². The van der Waals surface area contributed by atoms with E-state index < -0.39 is 24.1 Å². The van der Waals surface area contributed by atoms with E-state index in [4.69, 9.17) is 9.47 Å². The van der Waals surface area contributed by atoms with Crippen molar-refractivity contribution >= 4 is 11.9 Å². The number of allylic oxidation sites excluding steroid dienone is 4. The summed E-state index contributed by atoms with van der Waals surface area (Å²) in [6.45, 7) is 8.22. The Bertz CT molecular complexity index is 569. The summed E-state index contributed by atoms with van der Waals surface area (Å²) in [6.07, 6.45) is 16.7. The molecule has 0 unspecified atom stereocenters. The Labute approximate surface area is 157 Å². The van der Waals surface area contributed by atoms with Gasteiger partial charge < -0.3 is 9.47 Å². The van der Waals surface area contributed by atoms with Gasteiger partial charge in [-0.3, -0.25) is 0 Å². The molecule has 0 radical (unpaired) electrons. The van der Waals surface area contributed by atoms with Crippen LogP contribution in [0.3, 0.4) is 0 Å². The highest BCUT2D eigenvalue weighted by atomic mass is 16.6. The number of esters is 2. The summed E-state index contributed by atoms with van der Waals surface area (Å²) in [6, 6.07) is 0. The van der Waals surface area contributed by atoms with E-state index in [1.54, 1.807) is 24.3 Å². The second-order valence-electron chi connectivity index (χ2n) is 6.76. The van der Waals surface area contributed by atoms with Gasteiger partial charge in [0.05, 0.1) is 0 Å². The van der Waals surface area contributed by atoms with Crippen LogP contribution in [0.5, 0.6) is 0 Å². The standard InChI is InChI=1S/C22H32O4/c1-5-7-8-9-11-17(3)16-18(4)12-14-21(23)26-20-13-15-22(24)25-19(20)10-6-2/h6,10,12-17,19-20H,5,7-9,11H2,1-4H3/b10-6+,14-12+,18-16+/t17-,19-,20-/m0/s1. The van der Waals surface area contributed by atoms with Crippen LogP contribution in [-0.2, 0) is 19.1 Å². The highest BCUT2D eigenvalue weighted by Gasteiger charge is 2.27. The molecule has 0 aromatic heterocycles. The third-order valence-electron chi connectivity index (χ3n) is 4.18. The summed E-state index contributed by atoms with van der Waals surface area (Å²) in [7, 11) is 0. The van der Waals surface area contributed by atoms with Crippen molar-refractivity contribution in [1.29, 1.82) is 0 Å². The van der Waals surface area contributed by atoms with Gasteiger partial charge in [0.1, 0.15) is 0 Å². The number of cyclic esters (lactones) is 1. The lowest BCUT2D eigenvalue weighted by molar-refractivity contribution is -0.156. The zero-order chi connectivity index (χ0) is 19.4. The fourth-order valence-corrected chi connectivity index (χ4v) is 2.82.